The van der Waals surface area contributed by atoms with Gasteiger partial charge in [0.05, 0.1) is 23.5 Å². The van der Waals surface area contributed by atoms with E-state index in [1.807, 2.05) is 18.2 Å². The third-order valence-electron chi connectivity index (χ3n) is 3.29. The summed E-state index contributed by atoms with van der Waals surface area (Å²) < 4.78 is 1.35. The Bertz CT molecular complexity index is 1020. The molecule has 0 atom stereocenters. The van der Waals surface area contributed by atoms with E-state index in [0.717, 1.165) is 22.2 Å². The lowest BCUT2D eigenvalue weighted by molar-refractivity contribution is -0.137. The van der Waals surface area contributed by atoms with Crippen LogP contribution in [0.25, 0.3) is 21.5 Å². The summed E-state index contributed by atoms with van der Waals surface area (Å²) in [5.41, 5.74) is 2.57. The van der Waals surface area contributed by atoms with Gasteiger partial charge in [0.15, 0.2) is 5.01 Å². The van der Waals surface area contributed by atoms with E-state index in [1.165, 1.54) is 16.0 Å². The number of aromatic amines is 1. The number of fused-ring (bicyclic) bond motifs is 1. The largest absolute Gasteiger partial charge is 0.480 e. The van der Waals surface area contributed by atoms with E-state index in [0.29, 0.717) is 10.1 Å². The third kappa shape index (κ3) is 2.82. The van der Waals surface area contributed by atoms with Crippen LogP contribution in [0, 0.1) is 0 Å². The van der Waals surface area contributed by atoms with Crippen molar-refractivity contribution in [3.8, 4) is 10.6 Å². The molecule has 120 valence electrons. The number of H-pyrrole nitrogens is 1. The molecule has 0 aliphatic heterocycles. The summed E-state index contributed by atoms with van der Waals surface area (Å²) in [6.45, 7) is -0.186. The molecule has 0 aliphatic carbocycles. The topological polar surface area (TPSA) is 122 Å². The van der Waals surface area contributed by atoms with Gasteiger partial charge < -0.3 is 10.4 Å². The molecule has 4 rings (SSSR count). The average molecular weight is 341 g/mol. The minimum atomic E-state index is -0.945. The molecule has 3 heterocycles. The maximum Gasteiger partial charge on any atom is 0.325 e. The predicted molar refractivity (Wildman–Crippen MR) is 88.1 cm³/mol. The Morgan fingerprint density at radius 2 is 2.25 bits per heavy atom. The quantitative estimate of drug-likeness (QED) is 0.508. The minimum absolute atomic E-state index is 0.186. The SMILES string of the molecule is O=C(O)Cn1cc(-c2nnc(Nc3ccc4[nH]ncc4c3)s2)cn1. The van der Waals surface area contributed by atoms with Crippen molar-refractivity contribution in [1.29, 1.82) is 0 Å². The fraction of sp³-hybridized carbons (Fsp3) is 0.0714. The van der Waals surface area contributed by atoms with Crippen LogP contribution in [-0.2, 0) is 11.3 Å². The van der Waals surface area contributed by atoms with E-state index in [4.69, 9.17) is 5.11 Å². The second-order valence-electron chi connectivity index (χ2n) is 5.03. The number of hydrogen-bond donors (Lipinski definition) is 3. The number of rotatable bonds is 5. The van der Waals surface area contributed by atoms with Gasteiger partial charge in [-0.2, -0.15) is 10.2 Å². The first-order valence-electron chi connectivity index (χ1n) is 6.96. The van der Waals surface area contributed by atoms with Crippen molar-refractivity contribution in [2.24, 2.45) is 0 Å². The molecule has 0 amide bonds. The molecule has 0 unspecified atom stereocenters. The summed E-state index contributed by atoms with van der Waals surface area (Å²) in [6, 6.07) is 5.82. The number of hydrogen-bond acceptors (Lipinski definition) is 7. The maximum absolute atomic E-state index is 10.7. The van der Waals surface area contributed by atoms with Crippen LogP contribution in [-0.4, -0.2) is 41.3 Å². The van der Waals surface area contributed by atoms with Crippen molar-refractivity contribution in [2.75, 3.05) is 5.32 Å². The summed E-state index contributed by atoms with van der Waals surface area (Å²) in [6.07, 6.45) is 4.96. The fourth-order valence-electron chi connectivity index (χ4n) is 2.23. The highest BCUT2D eigenvalue weighted by molar-refractivity contribution is 7.18. The monoisotopic (exact) mass is 341 g/mol. The number of carboxylic acid groups (broad SMARTS) is 1. The van der Waals surface area contributed by atoms with Crippen LogP contribution in [0.15, 0.2) is 36.8 Å². The first-order valence-corrected chi connectivity index (χ1v) is 7.77. The van der Waals surface area contributed by atoms with Gasteiger partial charge >= 0.3 is 5.97 Å². The van der Waals surface area contributed by atoms with Crippen LogP contribution in [0.4, 0.5) is 10.8 Å². The van der Waals surface area contributed by atoms with Crippen molar-refractivity contribution in [3.63, 3.8) is 0 Å². The fourth-order valence-corrected chi connectivity index (χ4v) is 2.97. The number of aromatic nitrogens is 6. The van der Waals surface area contributed by atoms with Gasteiger partial charge in [0.1, 0.15) is 6.54 Å². The van der Waals surface area contributed by atoms with Crippen LogP contribution in [0.3, 0.4) is 0 Å². The molecular weight excluding hydrogens is 330 g/mol. The Labute approximate surface area is 139 Å². The molecule has 10 heteroatoms. The Morgan fingerprint density at radius 3 is 3.12 bits per heavy atom. The van der Waals surface area contributed by atoms with Crippen LogP contribution >= 0.6 is 11.3 Å². The molecular formula is C14H11N7O2S. The summed E-state index contributed by atoms with van der Waals surface area (Å²) in [7, 11) is 0. The summed E-state index contributed by atoms with van der Waals surface area (Å²) in [5, 5.41) is 33.4. The second kappa shape index (κ2) is 5.74. The number of anilines is 2. The van der Waals surface area contributed by atoms with Crippen molar-refractivity contribution >= 4 is 39.0 Å². The van der Waals surface area contributed by atoms with Crippen LogP contribution in [0.1, 0.15) is 0 Å². The molecule has 0 spiro atoms. The highest BCUT2D eigenvalue weighted by atomic mass is 32.1. The van der Waals surface area contributed by atoms with Crippen molar-refractivity contribution in [1.82, 2.24) is 30.2 Å². The molecule has 1 aromatic carbocycles. The molecule has 0 aliphatic rings. The van der Waals surface area contributed by atoms with Crippen molar-refractivity contribution in [2.45, 2.75) is 6.54 Å². The van der Waals surface area contributed by atoms with Crippen molar-refractivity contribution in [3.05, 3.63) is 36.8 Å². The first kappa shape index (κ1) is 14.3. The number of carboxylic acids is 1. The Balaban J connectivity index is 1.53. The van der Waals surface area contributed by atoms with E-state index < -0.39 is 5.97 Å². The third-order valence-corrected chi connectivity index (χ3v) is 4.18. The van der Waals surface area contributed by atoms with Gasteiger partial charge in [0.25, 0.3) is 0 Å². The summed E-state index contributed by atoms with van der Waals surface area (Å²) in [5.74, 6) is -0.945. The maximum atomic E-state index is 10.7. The van der Waals surface area contributed by atoms with Gasteiger partial charge in [-0.1, -0.05) is 11.3 Å². The highest BCUT2D eigenvalue weighted by Crippen LogP contribution is 2.28. The van der Waals surface area contributed by atoms with Gasteiger partial charge in [-0.25, -0.2) is 0 Å². The second-order valence-corrected chi connectivity index (χ2v) is 6.01. The van der Waals surface area contributed by atoms with Crippen LogP contribution < -0.4 is 5.32 Å². The number of aliphatic carboxylic acids is 1. The lowest BCUT2D eigenvalue weighted by atomic mass is 10.2. The number of carbonyl (C=O) groups is 1. The number of nitrogens with zero attached hydrogens (tertiary/aromatic N) is 5. The summed E-state index contributed by atoms with van der Waals surface area (Å²) >= 11 is 1.36. The van der Waals surface area contributed by atoms with Crippen LogP contribution in [0.2, 0.25) is 0 Å². The molecule has 0 saturated carbocycles. The van der Waals surface area contributed by atoms with E-state index in [2.05, 4.69) is 30.8 Å². The molecule has 0 saturated heterocycles. The molecule has 0 radical (unpaired) electrons. The summed E-state index contributed by atoms with van der Waals surface area (Å²) in [4.78, 5) is 10.7. The normalized spacial score (nSPS) is 11.0. The standard InChI is InChI=1S/C14H11N7O2S/c22-12(23)7-21-6-9(5-16-21)13-19-20-14(24-13)17-10-1-2-11-8(3-10)4-15-18-11/h1-6H,7H2,(H,15,18)(H,17,20)(H,22,23). The Morgan fingerprint density at radius 1 is 1.33 bits per heavy atom. The van der Waals surface area contributed by atoms with Gasteiger partial charge in [-0.15, -0.1) is 10.2 Å². The molecule has 4 aromatic rings. The van der Waals surface area contributed by atoms with Crippen molar-refractivity contribution < 1.29 is 9.90 Å². The van der Waals surface area contributed by atoms with E-state index in [1.54, 1.807) is 18.6 Å². The average Bonchev–Trinajstić information content (AvgIpc) is 3.26. The van der Waals surface area contributed by atoms with Gasteiger partial charge in [0.2, 0.25) is 5.13 Å². The smallest absolute Gasteiger partial charge is 0.325 e. The molecule has 3 N–H and O–H groups in total. The molecule has 3 aromatic heterocycles. The minimum Gasteiger partial charge on any atom is -0.480 e. The number of nitrogens with one attached hydrogen (secondary N) is 2. The zero-order valence-electron chi connectivity index (χ0n) is 12.2. The van der Waals surface area contributed by atoms with E-state index in [9.17, 15) is 4.79 Å². The van der Waals surface area contributed by atoms with E-state index in [-0.39, 0.29) is 6.54 Å². The molecule has 0 bridgehead atoms. The lowest BCUT2D eigenvalue weighted by Crippen LogP contribution is -2.08. The van der Waals surface area contributed by atoms with Gasteiger partial charge in [-0.05, 0) is 18.2 Å². The van der Waals surface area contributed by atoms with Gasteiger partial charge in [0, 0.05) is 17.3 Å². The zero-order valence-corrected chi connectivity index (χ0v) is 13.0. The lowest BCUT2D eigenvalue weighted by Gasteiger charge is -2.00. The van der Waals surface area contributed by atoms with Gasteiger partial charge in [-0.3, -0.25) is 14.6 Å². The zero-order chi connectivity index (χ0) is 16.5. The predicted octanol–water partition coefficient (Wildman–Crippen LogP) is 2.11. The molecule has 0 fully saturated rings. The first-order chi connectivity index (χ1) is 11.7. The number of benzene rings is 1. The van der Waals surface area contributed by atoms with E-state index >= 15 is 0 Å². The Kier molecular flexibility index (Phi) is 3.43. The molecule has 9 nitrogen and oxygen atoms in total. The van der Waals surface area contributed by atoms with Crippen LogP contribution in [0.5, 0.6) is 0 Å². The Hall–Kier alpha value is -3.27. The highest BCUT2D eigenvalue weighted by Gasteiger charge is 2.10. The molecule has 24 heavy (non-hydrogen) atoms.